The van der Waals surface area contributed by atoms with Gasteiger partial charge < -0.3 is 25.2 Å². The van der Waals surface area contributed by atoms with Gasteiger partial charge in [0.1, 0.15) is 6.54 Å². The molecule has 0 aromatic rings. The molecule has 0 saturated carbocycles. The SMILES string of the molecule is CCNC(=NCC(=O)N1CCCCC1)NCCN(C)CCCOC.I. The van der Waals surface area contributed by atoms with E-state index in [0.29, 0.717) is 5.96 Å². The number of rotatable bonds is 10. The monoisotopic (exact) mass is 469 g/mol. The fourth-order valence-corrected chi connectivity index (χ4v) is 2.69. The number of likely N-dealkylation sites (tertiary alicyclic amines) is 1. The van der Waals surface area contributed by atoms with Crippen LogP contribution in [-0.2, 0) is 9.53 Å². The average Bonchev–Trinajstić information content (AvgIpc) is 2.60. The number of methoxy groups -OCH3 is 1. The van der Waals surface area contributed by atoms with Crippen LogP contribution in [0.5, 0.6) is 0 Å². The van der Waals surface area contributed by atoms with Crippen molar-refractivity contribution in [3.63, 3.8) is 0 Å². The van der Waals surface area contributed by atoms with Crippen molar-refractivity contribution < 1.29 is 9.53 Å². The van der Waals surface area contributed by atoms with E-state index in [-0.39, 0.29) is 36.4 Å². The van der Waals surface area contributed by atoms with Crippen LogP contribution in [-0.4, -0.2) is 88.2 Å². The number of nitrogens with one attached hydrogen (secondary N) is 2. The summed E-state index contributed by atoms with van der Waals surface area (Å²) in [6, 6.07) is 0. The highest BCUT2D eigenvalue weighted by Gasteiger charge is 2.15. The van der Waals surface area contributed by atoms with E-state index in [1.807, 2.05) is 11.8 Å². The molecule has 148 valence electrons. The summed E-state index contributed by atoms with van der Waals surface area (Å²) in [5.74, 6) is 0.844. The highest BCUT2D eigenvalue weighted by atomic mass is 127. The number of hydrogen-bond donors (Lipinski definition) is 2. The number of halogens is 1. The molecule has 8 heteroatoms. The van der Waals surface area contributed by atoms with Gasteiger partial charge in [0.05, 0.1) is 0 Å². The first kappa shape index (κ1) is 24.4. The van der Waals surface area contributed by atoms with Gasteiger partial charge in [-0.25, -0.2) is 4.99 Å². The van der Waals surface area contributed by atoms with Crippen LogP contribution in [0.15, 0.2) is 4.99 Å². The zero-order valence-corrected chi connectivity index (χ0v) is 18.4. The quantitative estimate of drug-likeness (QED) is 0.218. The van der Waals surface area contributed by atoms with E-state index < -0.39 is 0 Å². The van der Waals surface area contributed by atoms with E-state index in [1.54, 1.807) is 7.11 Å². The fourth-order valence-electron chi connectivity index (χ4n) is 2.69. The third-order valence-corrected chi connectivity index (χ3v) is 4.10. The minimum atomic E-state index is 0. The molecule has 0 radical (unpaired) electrons. The molecule has 0 unspecified atom stereocenters. The topological polar surface area (TPSA) is 69.2 Å². The molecule has 0 atom stereocenters. The Hall–Kier alpha value is -0.610. The summed E-state index contributed by atoms with van der Waals surface area (Å²) in [7, 11) is 3.83. The first-order chi connectivity index (χ1) is 11.7. The smallest absolute Gasteiger partial charge is 0.244 e. The Labute approximate surface area is 170 Å². The number of guanidine groups is 1. The molecule has 0 bridgehead atoms. The summed E-state index contributed by atoms with van der Waals surface area (Å²) in [6.07, 6.45) is 4.49. The van der Waals surface area contributed by atoms with Crippen LogP contribution < -0.4 is 10.6 Å². The van der Waals surface area contributed by atoms with Crippen molar-refractivity contribution in [3.8, 4) is 0 Å². The third-order valence-electron chi connectivity index (χ3n) is 4.10. The van der Waals surface area contributed by atoms with Crippen LogP contribution in [0.3, 0.4) is 0 Å². The van der Waals surface area contributed by atoms with Gasteiger partial charge in [-0.1, -0.05) is 0 Å². The Balaban J connectivity index is 0.00000576. The maximum absolute atomic E-state index is 12.2. The fraction of sp³-hybridized carbons (Fsp3) is 0.882. The van der Waals surface area contributed by atoms with Gasteiger partial charge in [-0.15, -0.1) is 24.0 Å². The summed E-state index contributed by atoms with van der Waals surface area (Å²) in [5, 5.41) is 6.49. The molecule has 25 heavy (non-hydrogen) atoms. The summed E-state index contributed by atoms with van der Waals surface area (Å²) in [4.78, 5) is 20.8. The number of amides is 1. The van der Waals surface area contributed by atoms with Crippen LogP contribution in [0.4, 0.5) is 0 Å². The Morgan fingerprint density at radius 1 is 1.20 bits per heavy atom. The van der Waals surface area contributed by atoms with E-state index >= 15 is 0 Å². The zero-order chi connectivity index (χ0) is 17.6. The van der Waals surface area contributed by atoms with Crippen molar-refractivity contribution in [2.45, 2.75) is 32.6 Å². The normalized spacial score (nSPS) is 15.0. The number of likely N-dealkylation sites (N-methyl/N-ethyl adjacent to an activating group) is 1. The van der Waals surface area contributed by atoms with E-state index in [9.17, 15) is 4.79 Å². The Bertz CT molecular complexity index is 376. The molecule has 1 aliphatic rings. The second kappa shape index (κ2) is 15.6. The lowest BCUT2D eigenvalue weighted by molar-refractivity contribution is -0.130. The second-order valence-electron chi connectivity index (χ2n) is 6.21. The van der Waals surface area contributed by atoms with Crippen LogP contribution in [0.25, 0.3) is 0 Å². The molecule has 7 nitrogen and oxygen atoms in total. The standard InChI is InChI=1S/C17H35N5O2.HI/c1-4-18-17(19-9-13-21(2)10-8-14-24-3)20-15-16(23)22-11-6-5-7-12-22;/h4-15H2,1-3H3,(H2,18,19,20);1H. The van der Waals surface area contributed by atoms with Crippen molar-refractivity contribution in [1.29, 1.82) is 0 Å². The number of carbonyl (C=O) groups excluding carboxylic acids is 1. The van der Waals surface area contributed by atoms with E-state index in [1.165, 1.54) is 6.42 Å². The number of nitrogens with zero attached hydrogens (tertiary/aromatic N) is 3. The van der Waals surface area contributed by atoms with Crippen LogP contribution in [0, 0.1) is 0 Å². The Morgan fingerprint density at radius 2 is 1.92 bits per heavy atom. The lowest BCUT2D eigenvalue weighted by atomic mass is 10.1. The molecule has 1 aliphatic heterocycles. The van der Waals surface area contributed by atoms with Crippen LogP contribution >= 0.6 is 24.0 Å². The number of hydrogen-bond acceptors (Lipinski definition) is 4. The van der Waals surface area contributed by atoms with Crippen molar-refractivity contribution in [1.82, 2.24) is 20.4 Å². The average molecular weight is 469 g/mol. The summed E-state index contributed by atoms with van der Waals surface area (Å²) in [6.45, 7) is 8.32. The molecule has 0 aromatic heterocycles. The van der Waals surface area contributed by atoms with Gasteiger partial charge in [0.2, 0.25) is 5.91 Å². The zero-order valence-electron chi connectivity index (χ0n) is 16.1. The predicted octanol–water partition coefficient (Wildman–Crippen LogP) is 1.14. The van der Waals surface area contributed by atoms with E-state index in [0.717, 1.165) is 65.1 Å². The van der Waals surface area contributed by atoms with Gasteiger partial charge in [0, 0.05) is 53.0 Å². The first-order valence-corrected chi connectivity index (χ1v) is 9.14. The predicted molar refractivity (Wildman–Crippen MR) is 114 cm³/mol. The minimum Gasteiger partial charge on any atom is -0.385 e. The number of ether oxygens (including phenoxy) is 1. The Kier molecular flexibility index (Phi) is 15.2. The number of aliphatic imine (C=N–C) groups is 1. The maximum Gasteiger partial charge on any atom is 0.244 e. The summed E-state index contributed by atoms with van der Waals surface area (Å²) >= 11 is 0. The molecule has 1 rings (SSSR count). The van der Waals surface area contributed by atoms with Crippen molar-refractivity contribution in [2.75, 3.05) is 66.6 Å². The van der Waals surface area contributed by atoms with E-state index in [2.05, 4.69) is 27.6 Å². The molecular weight excluding hydrogens is 433 g/mol. The second-order valence-corrected chi connectivity index (χ2v) is 6.21. The van der Waals surface area contributed by atoms with Crippen molar-refractivity contribution >= 4 is 35.8 Å². The van der Waals surface area contributed by atoms with Crippen molar-refractivity contribution in [2.24, 2.45) is 4.99 Å². The maximum atomic E-state index is 12.2. The molecule has 0 aromatic carbocycles. The lowest BCUT2D eigenvalue weighted by Crippen LogP contribution is -2.42. The molecule has 1 heterocycles. The van der Waals surface area contributed by atoms with Crippen molar-refractivity contribution in [3.05, 3.63) is 0 Å². The highest BCUT2D eigenvalue weighted by Crippen LogP contribution is 2.08. The van der Waals surface area contributed by atoms with Gasteiger partial charge in [-0.2, -0.15) is 0 Å². The third kappa shape index (κ3) is 11.6. The summed E-state index contributed by atoms with van der Waals surface area (Å²) in [5.41, 5.74) is 0. The molecule has 1 amide bonds. The molecule has 1 fully saturated rings. The van der Waals surface area contributed by atoms with Gasteiger partial charge in [-0.3, -0.25) is 4.79 Å². The van der Waals surface area contributed by atoms with E-state index in [4.69, 9.17) is 4.74 Å². The van der Waals surface area contributed by atoms with Gasteiger partial charge in [-0.05, 0) is 39.7 Å². The molecular formula is C17H36IN5O2. The van der Waals surface area contributed by atoms with Gasteiger partial charge >= 0.3 is 0 Å². The first-order valence-electron chi connectivity index (χ1n) is 9.14. The van der Waals surface area contributed by atoms with Gasteiger partial charge in [0.15, 0.2) is 5.96 Å². The molecule has 2 N–H and O–H groups in total. The molecule has 0 spiro atoms. The van der Waals surface area contributed by atoms with Crippen LogP contribution in [0.1, 0.15) is 32.6 Å². The highest BCUT2D eigenvalue weighted by molar-refractivity contribution is 14.0. The number of piperidine rings is 1. The molecule has 0 aliphatic carbocycles. The largest absolute Gasteiger partial charge is 0.385 e. The van der Waals surface area contributed by atoms with Gasteiger partial charge in [0.25, 0.3) is 0 Å². The molecule has 1 saturated heterocycles. The Morgan fingerprint density at radius 3 is 2.56 bits per heavy atom. The lowest BCUT2D eigenvalue weighted by Gasteiger charge is -2.26. The van der Waals surface area contributed by atoms with Crippen LogP contribution in [0.2, 0.25) is 0 Å². The minimum absolute atomic E-state index is 0. The number of carbonyl (C=O) groups is 1. The summed E-state index contributed by atoms with van der Waals surface area (Å²) < 4.78 is 5.06.